The van der Waals surface area contributed by atoms with Gasteiger partial charge in [0.1, 0.15) is 11.6 Å². The Morgan fingerprint density at radius 3 is 2.40 bits per heavy atom. The first-order chi connectivity index (χ1) is 12.1. The number of rotatable bonds is 4. The van der Waals surface area contributed by atoms with Gasteiger partial charge in [-0.05, 0) is 68.1 Å². The van der Waals surface area contributed by atoms with Crippen LogP contribution in [0.25, 0.3) is 11.3 Å². The number of nitrogens with zero attached hydrogens (tertiary/aromatic N) is 3. The summed E-state index contributed by atoms with van der Waals surface area (Å²) in [7, 11) is 0. The van der Waals surface area contributed by atoms with Crippen LogP contribution in [-0.2, 0) is 5.54 Å². The maximum atomic E-state index is 13.2. The van der Waals surface area contributed by atoms with E-state index in [1.54, 1.807) is 6.20 Å². The average Bonchev–Trinajstić information content (AvgIpc) is 2.60. The molecule has 0 spiro atoms. The Hall–Kier alpha value is -2.82. The molecule has 1 aromatic carbocycles. The zero-order valence-electron chi connectivity index (χ0n) is 14.0. The minimum atomic E-state index is -0.213. The van der Waals surface area contributed by atoms with Crippen molar-refractivity contribution in [2.45, 2.75) is 31.7 Å². The van der Waals surface area contributed by atoms with Crippen LogP contribution in [-0.4, -0.2) is 15.2 Å². The maximum absolute atomic E-state index is 13.2. The first-order valence-corrected chi connectivity index (χ1v) is 8.46. The highest BCUT2D eigenvalue weighted by Gasteiger charge is 2.39. The van der Waals surface area contributed by atoms with Gasteiger partial charge in [0, 0.05) is 17.5 Å². The quantitative estimate of drug-likeness (QED) is 0.764. The second-order valence-corrected chi connectivity index (χ2v) is 6.56. The van der Waals surface area contributed by atoms with Gasteiger partial charge >= 0.3 is 0 Å². The lowest BCUT2D eigenvalue weighted by molar-refractivity contribution is 0.283. The molecule has 1 N–H and O–H groups in total. The van der Waals surface area contributed by atoms with E-state index in [0.29, 0.717) is 0 Å². The van der Waals surface area contributed by atoms with Crippen LogP contribution in [0.3, 0.4) is 0 Å². The van der Waals surface area contributed by atoms with Crippen molar-refractivity contribution in [3.8, 4) is 11.3 Å². The first kappa shape index (κ1) is 15.7. The van der Waals surface area contributed by atoms with Gasteiger partial charge in [-0.2, -0.15) is 0 Å². The summed E-state index contributed by atoms with van der Waals surface area (Å²) in [4.78, 5) is 4.20. The summed E-state index contributed by atoms with van der Waals surface area (Å²) in [6.07, 6.45) is 4.93. The summed E-state index contributed by atoms with van der Waals surface area (Å²) in [5, 5.41) is 12.2. The molecule has 3 aromatic rings. The van der Waals surface area contributed by atoms with Crippen LogP contribution < -0.4 is 5.32 Å². The monoisotopic (exact) mass is 334 g/mol. The van der Waals surface area contributed by atoms with Crippen LogP contribution in [0.2, 0.25) is 0 Å². The van der Waals surface area contributed by atoms with E-state index in [0.717, 1.165) is 47.6 Å². The van der Waals surface area contributed by atoms with Gasteiger partial charge in [0.05, 0.1) is 11.2 Å². The average molecular weight is 334 g/mol. The topological polar surface area (TPSA) is 50.7 Å². The van der Waals surface area contributed by atoms with E-state index in [9.17, 15) is 4.39 Å². The molecule has 2 aromatic heterocycles. The van der Waals surface area contributed by atoms with Crippen molar-refractivity contribution in [3.05, 3.63) is 71.8 Å². The van der Waals surface area contributed by atoms with Gasteiger partial charge in [-0.25, -0.2) is 4.39 Å². The molecule has 0 bridgehead atoms. The van der Waals surface area contributed by atoms with E-state index < -0.39 is 0 Å². The van der Waals surface area contributed by atoms with E-state index in [-0.39, 0.29) is 11.4 Å². The van der Waals surface area contributed by atoms with Crippen LogP contribution in [0.15, 0.2) is 54.7 Å². The molecular formula is C20H19FN4. The lowest BCUT2D eigenvalue weighted by Crippen LogP contribution is -2.42. The molecule has 0 radical (unpaired) electrons. The van der Waals surface area contributed by atoms with Crippen LogP contribution in [0.1, 0.15) is 30.5 Å². The lowest BCUT2D eigenvalue weighted by Gasteiger charge is -2.43. The molecule has 25 heavy (non-hydrogen) atoms. The molecule has 0 atom stereocenters. The SMILES string of the molecule is Cc1cc(-c2ccc(NC3(c4ccc(F)cc4)CCC3)nn2)ccn1. The van der Waals surface area contributed by atoms with Crippen molar-refractivity contribution < 1.29 is 4.39 Å². The molecule has 0 amide bonds. The Bertz CT molecular complexity index is 871. The molecule has 4 nitrogen and oxygen atoms in total. The number of pyridine rings is 1. The number of nitrogens with one attached hydrogen (secondary N) is 1. The van der Waals surface area contributed by atoms with E-state index in [1.165, 1.54) is 12.1 Å². The van der Waals surface area contributed by atoms with E-state index in [2.05, 4.69) is 20.5 Å². The van der Waals surface area contributed by atoms with Gasteiger partial charge in [-0.1, -0.05) is 12.1 Å². The molecule has 1 aliphatic carbocycles. The summed E-state index contributed by atoms with van der Waals surface area (Å²) < 4.78 is 13.2. The molecule has 2 heterocycles. The predicted molar refractivity (Wildman–Crippen MR) is 95.6 cm³/mol. The van der Waals surface area contributed by atoms with Crippen LogP contribution >= 0.6 is 0 Å². The van der Waals surface area contributed by atoms with E-state index >= 15 is 0 Å². The molecule has 0 aliphatic heterocycles. The highest BCUT2D eigenvalue weighted by Crippen LogP contribution is 2.43. The van der Waals surface area contributed by atoms with Crippen molar-refractivity contribution in [2.24, 2.45) is 0 Å². The Kier molecular flexibility index (Phi) is 3.92. The minimum Gasteiger partial charge on any atom is -0.359 e. The Balaban J connectivity index is 1.57. The standard InChI is InChI=1S/C20H19FN4/c1-14-13-15(9-12-22-14)18-7-8-19(25-24-18)23-20(10-2-11-20)16-3-5-17(21)6-4-16/h3-9,12-13H,2,10-11H2,1H3,(H,23,25). The van der Waals surface area contributed by atoms with Crippen molar-refractivity contribution in [1.29, 1.82) is 0 Å². The molecule has 1 saturated carbocycles. The van der Waals surface area contributed by atoms with Crippen molar-refractivity contribution in [3.63, 3.8) is 0 Å². The number of benzene rings is 1. The molecule has 126 valence electrons. The zero-order chi connectivity index (χ0) is 17.3. The van der Waals surface area contributed by atoms with Crippen molar-refractivity contribution in [1.82, 2.24) is 15.2 Å². The van der Waals surface area contributed by atoms with E-state index in [4.69, 9.17) is 0 Å². The molecular weight excluding hydrogens is 315 g/mol. The number of halogens is 1. The predicted octanol–water partition coefficient (Wildman–Crippen LogP) is 4.48. The zero-order valence-corrected chi connectivity index (χ0v) is 14.0. The van der Waals surface area contributed by atoms with Crippen molar-refractivity contribution >= 4 is 5.82 Å². The highest BCUT2D eigenvalue weighted by atomic mass is 19.1. The number of aryl methyl sites for hydroxylation is 1. The third-order valence-electron chi connectivity index (χ3n) is 4.83. The normalized spacial score (nSPS) is 15.4. The van der Waals surface area contributed by atoms with Gasteiger partial charge in [-0.3, -0.25) is 4.98 Å². The summed E-state index contributed by atoms with van der Waals surface area (Å²) >= 11 is 0. The summed E-state index contributed by atoms with van der Waals surface area (Å²) in [5.41, 5.74) is 3.70. The van der Waals surface area contributed by atoms with Gasteiger partial charge in [0.15, 0.2) is 0 Å². The highest BCUT2D eigenvalue weighted by molar-refractivity contribution is 5.59. The molecule has 4 rings (SSSR count). The Morgan fingerprint density at radius 1 is 1.00 bits per heavy atom. The van der Waals surface area contributed by atoms with Gasteiger partial charge in [0.25, 0.3) is 0 Å². The smallest absolute Gasteiger partial charge is 0.149 e. The van der Waals surface area contributed by atoms with Crippen LogP contribution in [0.5, 0.6) is 0 Å². The lowest BCUT2D eigenvalue weighted by atomic mass is 9.72. The largest absolute Gasteiger partial charge is 0.359 e. The molecule has 1 aliphatic rings. The second kappa shape index (κ2) is 6.24. The fourth-order valence-electron chi connectivity index (χ4n) is 3.29. The van der Waals surface area contributed by atoms with Gasteiger partial charge < -0.3 is 5.32 Å². The fourth-order valence-corrected chi connectivity index (χ4v) is 3.29. The number of aromatic nitrogens is 3. The second-order valence-electron chi connectivity index (χ2n) is 6.56. The third-order valence-corrected chi connectivity index (χ3v) is 4.83. The van der Waals surface area contributed by atoms with Crippen LogP contribution in [0, 0.1) is 12.7 Å². The first-order valence-electron chi connectivity index (χ1n) is 8.46. The van der Waals surface area contributed by atoms with Crippen molar-refractivity contribution in [2.75, 3.05) is 5.32 Å². The third kappa shape index (κ3) is 3.09. The minimum absolute atomic E-state index is 0.169. The van der Waals surface area contributed by atoms with E-state index in [1.807, 2.05) is 43.3 Å². The molecule has 1 fully saturated rings. The fraction of sp³-hybridized carbons (Fsp3) is 0.250. The Labute approximate surface area is 146 Å². The Morgan fingerprint density at radius 2 is 1.80 bits per heavy atom. The van der Waals surface area contributed by atoms with Gasteiger partial charge in [-0.15, -0.1) is 10.2 Å². The summed E-state index contributed by atoms with van der Waals surface area (Å²) in [6, 6.07) is 14.5. The number of anilines is 1. The van der Waals surface area contributed by atoms with Gasteiger partial charge in [0.2, 0.25) is 0 Å². The maximum Gasteiger partial charge on any atom is 0.149 e. The summed E-state index contributed by atoms with van der Waals surface area (Å²) in [5.74, 6) is 0.522. The molecule has 5 heteroatoms. The molecule has 0 saturated heterocycles. The van der Waals surface area contributed by atoms with Crippen LogP contribution in [0.4, 0.5) is 10.2 Å². The number of hydrogen-bond donors (Lipinski definition) is 1. The number of hydrogen-bond acceptors (Lipinski definition) is 4. The molecule has 0 unspecified atom stereocenters. The summed E-state index contributed by atoms with van der Waals surface area (Å²) in [6.45, 7) is 1.95.